The quantitative estimate of drug-likeness (QED) is 0.341. The molecule has 44 heavy (non-hydrogen) atoms. The third-order valence-electron chi connectivity index (χ3n) is 12.7. The lowest BCUT2D eigenvalue weighted by Gasteiger charge is -2.46. The summed E-state index contributed by atoms with van der Waals surface area (Å²) in [5.74, 6) is -1.85. The first-order chi connectivity index (χ1) is 20.4. The zero-order chi connectivity index (χ0) is 31.9. The molecule has 0 radical (unpaired) electrons. The van der Waals surface area contributed by atoms with Gasteiger partial charge in [-0.25, -0.2) is 9.59 Å². The number of benzene rings is 1. The Kier molecular flexibility index (Phi) is 5.49. The molecule has 3 aliphatic heterocycles. The molecule has 2 saturated heterocycles. The minimum absolute atomic E-state index is 0.310. The average molecular weight is 606 g/mol. The predicted molar refractivity (Wildman–Crippen MR) is 155 cm³/mol. The molecular weight excluding hydrogens is 566 g/mol. The summed E-state index contributed by atoms with van der Waals surface area (Å²) < 4.78 is 30.9. The maximum atomic E-state index is 14.4. The van der Waals surface area contributed by atoms with Crippen molar-refractivity contribution in [1.82, 2.24) is 4.98 Å². The highest BCUT2D eigenvalue weighted by atomic mass is 16.7. The molecule has 1 aromatic carbocycles. The van der Waals surface area contributed by atoms with Crippen molar-refractivity contribution in [2.45, 2.75) is 110 Å². The lowest BCUT2D eigenvalue weighted by molar-refractivity contribution is -0.217. The number of hydrogen-bond acceptors (Lipinski definition) is 10. The van der Waals surface area contributed by atoms with Crippen LogP contribution in [0.3, 0.4) is 0 Å². The van der Waals surface area contributed by atoms with Gasteiger partial charge in [0.2, 0.25) is 11.2 Å². The summed E-state index contributed by atoms with van der Waals surface area (Å²) in [6.07, 6.45) is 0.871. The van der Waals surface area contributed by atoms with Crippen molar-refractivity contribution in [2.75, 3.05) is 0 Å². The molecule has 2 aliphatic carbocycles. The Morgan fingerprint density at radius 2 is 1.30 bits per heavy atom. The van der Waals surface area contributed by atoms with Crippen molar-refractivity contribution < 1.29 is 42.9 Å². The molecule has 10 nitrogen and oxygen atoms in total. The highest BCUT2D eigenvalue weighted by Crippen LogP contribution is 2.67. The maximum absolute atomic E-state index is 14.4. The fourth-order valence-electron chi connectivity index (χ4n) is 8.52. The van der Waals surface area contributed by atoms with Crippen molar-refractivity contribution in [3.05, 3.63) is 36.0 Å². The standard InChI is InChI=1S/C34H39NO9/c1-28(2)23(41-27(39)34-16-14-32(8,25(37)44-34)30(34,5)6)22(20-19(42-28)12-11-18-10-9-17-35-21(18)20)40-26(38)33-15-13-31(7,24(36)43-33)29(33,3)4/h9-12,17,22-23H,13-16H2,1-8H3. The molecule has 5 aliphatic rings. The third kappa shape index (κ3) is 3.09. The van der Waals surface area contributed by atoms with Gasteiger partial charge in [-0.15, -0.1) is 0 Å². The summed E-state index contributed by atoms with van der Waals surface area (Å²) in [4.78, 5) is 59.3. The highest BCUT2D eigenvalue weighted by molar-refractivity contribution is 5.95. The number of carbonyl (C=O) groups is 4. The Bertz CT molecular complexity index is 1680. The van der Waals surface area contributed by atoms with Gasteiger partial charge in [-0.1, -0.05) is 33.8 Å². The lowest BCUT2D eigenvalue weighted by Crippen LogP contribution is -2.57. The van der Waals surface area contributed by atoms with Gasteiger partial charge in [0.1, 0.15) is 11.4 Å². The SMILES string of the molecule is CC1(C)Oc2ccc3cccnc3c2C(OC(=O)C23CCC(C)(C(=O)O2)C3(C)C)C1OC(=O)C12CCC(C)(C(=O)O1)C2(C)C. The van der Waals surface area contributed by atoms with Crippen molar-refractivity contribution >= 4 is 34.8 Å². The van der Waals surface area contributed by atoms with E-state index in [1.807, 2.05) is 53.7 Å². The Morgan fingerprint density at radius 3 is 1.80 bits per heavy atom. The minimum Gasteiger partial charge on any atom is -0.483 e. The fraction of sp³-hybridized carbons (Fsp3) is 0.618. The number of carbonyl (C=O) groups excluding carboxylic acids is 4. The third-order valence-corrected chi connectivity index (χ3v) is 12.7. The van der Waals surface area contributed by atoms with Crippen LogP contribution in [0.1, 0.15) is 92.7 Å². The predicted octanol–water partition coefficient (Wildman–Crippen LogP) is 5.15. The molecule has 0 amide bonds. The van der Waals surface area contributed by atoms with Crippen molar-refractivity contribution in [1.29, 1.82) is 0 Å². The van der Waals surface area contributed by atoms with E-state index in [0.717, 1.165) is 5.39 Å². The van der Waals surface area contributed by atoms with Crippen LogP contribution in [0.15, 0.2) is 30.5 Å². The molecule has 234 valence electrons. The Labute approximate surface area is 256 Å². The monoisotopic (exact) mass is 605 g/mol. The smallest absolute Gasteiger partial charge is 0.351 e. The van der Waals surface area contributed by atoms with E-state index in [4.69, 9.17) is 23.7 Å². The van der Waals surface area contributed by atoms with Crippen molar-refractivity contribution in [3.8, 4) is 5.75 Å². The molecule has 6 unspecified atom stereocenters. The summed E-state index contributed by atoms with van der Waals surface area (Å²) in [6.45, 7) is 14.6. The second kappa shape index (κ2) is 8.31. The summed E-state index contributed by atoms with van der Waals surface area (Å²) in [5.41, 5.74) is -6.61. The van der Waals surface area contributed by atoms with Gasteiger partial charge in [-0.2, -0.15) is 0 Å². The number of ether oxygens (including phenoxy) is 5. The first-order valence-electron chi connectivity index (χ1n) is 15.3. The first kappa shape index (κ1) is 29.0. The molecule has 10 heteroatoms. The van der Waals surface area contributed by atoms with E-state index in [9.17, 15) is 19.2 Å². The zero-order valence-electron chi connectivity index (χ0n) is 26.5. The number of fused-ring (bicyclic) bond motifs is 7. The van der Waals surface area contributed by atoms with Crippen LogP contribution in [0.25, 0.3) is 10.9 Å². The average Bonchev–Trinajstić information content (AvgIpc) is 3.42. The van der Waals surface area contributed by atoms with E-state index in [0.29, 0.717) is 42.5 Å². The molecule has 1 aromatic heterocycles. The van der Waals surface area contributed by atoms with Crippen LogP contribution in [0, 0.1) is 21.7 Å². The van der Waals surface area contributed by atoms with E-state index in [-0.39, 0.29) is 0 Å². The molecular formula is C34H39NO9. The van der Waals surface area contributed by atoms with Gasteiger partial charge in [-0.3, -0.25) is 14.6 Å². The van der Waals surface area contributed by atoms with Gasteiger partial charge in [-0.05, 0) is 71.6 Å². The lowest BCUT2D eigenvalue weighted by atomic mass is 9.66. The number of hydrogen-bond donors (Lipinski definition) is 0. The number of aromatic nitrogens is 1. The Morgan fingerprint density at radius 1 is 0.750 bits per heavy atom. The van der Waals surface area contributed by atoms with Gasteiger partial charge in [0, 0.05) is 22.4 Å². The van der Waals surface area contributed by atoms with E-state index in [2.05, 4.69) is 4.98 Å². The number of rotatable bonds is 4. The summed E-state index contributed by atoms with van der Waals surface area (Å²) in [6, 6.07) is 7.33. The molecule has 2 saturated carbocycles. The van der Waals surface area contributed by atoms with E-state index in [1.165, 1.54) is 0 Å². The fourth-order valence-corrected chi connectivity index (χ4v) is 8.52. The number of esters is 4. The largest absolute Gasteiger partial charge is 0.483 e. The molecule has 4 fully saturated rings. The van der Waals surface area contributed by atoms with Crippen molar-refractivity contribution in [2.24, 2.45) is 21.7 Å². The Balaban J connectivity index is 1.34. The van der Waals surface area contributed by atoms with E-state index in [1.54, 1.807) is 32.2 Å². The van der Waals surface area contributed by atoms with Gasteiger partial charge in [0.15, 0.2) is 12.2 Å². The van der Waals surface area contributed by atoms with Crippen LogP contribution >= 0.6 is 0 Å². The van der Waals surface area contributed by atoms with Crippen LogP contribution in [-0.2, 0) is 38.1 Å². The van der Waals surface area contributed by atoms with Gasteiger partial charge in [0.25, 0.3) is 0 Å². The van der Waals surface area contributed by atoms with Gasteiger partial charge < -0.3 is 23.7 Å². The second-order valence-electron chi connectivity index (χ2n) is 15.3. The summed E-state index contributed by atoms with van der Waals surface area (Å²) >= 11 is 0. The molecule has 6 atom stereocenters. The van der Waals surface area contributed by atoms with E-state index < -0.39 is 74.5 Å². The zero-order valence-corrected chi connectivity index (χ0v) is 26.5. The van der Waals surface area contributed by atoms with Crippen LogP contribution in [0.5, 0.6) is 5.75 Å². The summed E-state index contributed by atoms with van der Waals surface area (Å²) in [7, 11) is 0. The topological polar surface area (TPSA) is 127 Å². The second-order valence-corrected chi connectivity index (χ2v) is 15.3. The van der Waals surface area contributed by atoms with Gasteiger partial charge in [0.05, 0.1) is 21.9 Å². The molecule has 7 rings (SSSR count). The minimum atomic E-state index is -1.51. The molecule has 4 bridgehead atoms. The normalized spacial score (nSPS) is 38.5. The van der Waals surface area contributed by atoms with Crippen LogP contribution < -0.4 is 4.74 Å². The van der Waals surface area contributed by atoms with Crippen LogP contribution in [0.2, 0.25) is 0 Å². The first-order valence-corrected chi connectivity index (χ1v) is 15.3. The van der Waals surface area contributed by atoms with Gasteiger partial charge >= 0.3 is 23.9 Å². The highest BCUT2D eigenvalue weighted by Gasteiger charge is 2.78. The number of pyridine rings is 1. The van der Waals surface area contributed by atoms with Crippen LogP contribution in [0.4, 0.5) is 0 Å². The Hall–Kier alpha value is -3.69. The summed E-state index contributed by atoms with van der Waals surface area (Å²) in [5, 5.41) is 0.774. The molecule has 2 aromatic rings. The molecule has 4 heterocycles. The molecule has 0 N–H and O–H groups in total. The van der Waals surface area contributed by atoms with E-state index >= 15 is 0 Å². The number of nitrogens with zero attached hydrogens (tertiary/aromatic N) is 1. The maximum Gasteiger partial charge on any atom is 0.351 e. The van der Waals surface area contributed by atoms with Crippen molar-refractivity contribution in [3.63, 3.8) is 0 Å². The van der Waals surface area contributed by atoms with Crippen LogP contribution in [-0.4, -0.2) is 51.8 Å². The molecule has 0 spiro atoms.